The van der Waals surface area contributed by atoms with Gasteiger partial charge in [0.2, 0.25) is 5.91 Å². The van der Waals surface area contributed by atoms with Crippen LogP contribution in [0.5, 0.6) is 0 Å². The fourth-order valence-corrected chi connectivity index (χ4v) is 3.19. The van der Waals surface area contributed by atoms with Crippen LogP contribution >= 0.6 is 0 Å². The molecule has 1 amide bonds. The summed E-state index contributed by atoms with van der Waals surface area (Å²) in [6, 6.07) is 0.475. The summed E-state index contributed by atoms with van der Waals surface area (Å²) in [6.45, 7) is 10.2. The van der Waals surface area contributed by atoms with Gasteiger partial charge < -0.3 is 10.6 Å². The van der Waals surface area contributed by atoms with E-state index in [4.69, 9.17) is 5.73 Å². The van der Waals surface area contributed by atoms with Gasteiger partial charge in [-0.25, -0.2) is 0 Å². The van der Waals surface area contributed by atoms with E-state index in [2.05, 4.69) is 32.6 Å². The smallest absolute Gasteiger partial charge is 0.227 e. The van der Waals surface area contributed by atoms with Crippen LogP contribution in [0.15, 0.2) is 0 Å². The molecule has 2 N–H and O–H groups in total. The first-order valence-corrected chi connectivity index (χ1v) is 8.46. The molecule has 1 unspecified atom stereocenters. The van der Waals surface area contributed by atoms with Crippen molar-refractivity contribution < 1.29 is 4.79 Å². The topological polar surface area (TPSA) is 46.3 Å². The minimum atomic E-state index is 0.0164. The molecule has 0 aromatic heterocycles. The highest BCUT2D eigenvalue weighted by atomic mass is 16.2. The number of hydrogen-bond acceptors (Lipinski definition) is 2. The Labute approximate surface area is 125 Å². The fourth-order valence-electron chi connectivity index (χ4n) is 3.19. The van der Waals surface area contributed by atoms with Crippen LogP contribution in [-0.4, -0.2) is 29.9 Å². The Morgan fingerprint density at radius 1 is 1.15 bits per heavy atom. The molecule has 0 saturated heterocycles. The zero-order valence-electron chi connectivity index (χ0n) is 13.9. The molecule has 3 heteroatoms. The van der Waals surface area contributed by atoms with E-state index in [1.165, 1.54) is 25.7 Å². The summed E-state index contributed by atoms with van der Waals surface area (Å²) in [5.74, 6) is 1.51. The standard InChI is InChI=1S/C17H34N2O/c1-13(2)9-10-19(16-7-5-6-8-16)17(20)15(12-18)11-14(3)4/h13-16H,5-12,18H2,1-4H3. The summed E-state index contributed by atoms with van der Waals surface area (Å²) >= 11 is 0. The van der Waals surface area contributed by atoms with Crippen LogP contribution in [0.25, 0.3) is 0 Å². The van der Waals surface area contributed by atoms with Gasteiger partial charge in [-0.15, -0.1) is 0 Å². The second-order valence-corrected chi connectivity index (χ2v) is 7.21. The third-order valence-electron chi connectivity index (χ3n) is 4.39. The lowest BCUT2D eigenvalue weighted by Gasteiger charge is -2.33. The summed E-state index contributed by atoms with van der Waals surface area (Å²) in [5, 5.41) is 0. The number of nitrogens with zero attached hydrogens (tertiary/aromatic N) is 1. The fraction of sp³-hybridized carbons (Fsp3) is 0.941. The highest BCUT2D eigenvalue weighted by Crippen LogP contribution is 2.26. The van der Waals surface area contributed by atoms with E-state index in [1.807, 2.05) is 0 Å². The molecule has 0 radical (unpaired) electrons. The van der Waals surface area contributed by atoms with Gasteiger partial charge in [-0.1, -0.05) is 40.5 Å². The van der Waals surface area contributed by atoms with Crippen molar-refractivity contribution in [2.75, 3.05) is 13.1 Å². The minimum absolute atomic E-state index is 0.0164. The molecule has 0 aromatic carbocycles. The number of amides is 1. The molecule has 0 spiro atoms. The number of nitrogens with two attached hydrogens (primary N) is 1. The van der Waals surface area contributed by atoms with Crippen LogP contribution in [0.1, 0.15) is 66.2 Å². The van der Waals surface area contributed by atoms with E-state index < -0.39 is 0 Å². The Hall–Kier alpha value is -0.570. The summed E-state index contributed by atoms with van der Waals surface area (Å²) < 4.78 is 0. The molecule has 1 atom stereocenters. The lowest BCUT2D eigenvalue weighted by Crippen LogP contribution is -2.45. The summed E-state index contributed by atoms with van der Waals surface area (Å²) in [4.78, 5) is 15.0. The van der Waals surface area contributed by atoms with Crippen molar-refractivity contribution in [1.82, 2.24) is 4.90 Å². The second-order valence-electron chi connectivity index (χ2n) is 7.21. The van der Waals surface area contributed by atoms with Gasteiger partial charge in [0, 0.05) is 19.1 Å². The van der Waals surface area contributed by atoms with Gasteiger partial charge in [-0.3, -0.25) is 4.79 Å². The monoisotopic (exact) mass is 282 g/mol. The highest BCUT2D eigenvalue weighted by molar-refractivity contribution is 5.79. The number of carbonyl (C=O) groups is 1. The SMILES string of the molecule is CC(C)CCN(C(=O)C(CN)CC(C)C)C1CCCC1. The molecule has 1 aliphatic rings. The normalized spacial score (nSPS) is 17.9. The molecule has 1 saturated carbocycles. The van der Waals surface area contributed by atoms with E-state index >= 15 is 0 Å². The van der Waals surface area contributed by atoms with Gasteiger partial charge in [0.1, 0.15) is 0 Å². The highest BCUT2D eigenvalue weighted by Gasteiger charge is 2.30. The van der Waals surface area contributed by atoms with Crippen LogP contribution in [0.3, 0.4) is 0 Å². The van der Waals surface area contributed by atoms with Crippen molar-refractivity contribution in [2.45, 2.75) is 72.3 Å². The first kappa shape index (κ1) is 17.5. The van der Waals surface area contributed by atoms with Crippen molar-refractivity contribution in [3.05, 3.63) is 0 Å². The maximum absolute atomic E-state index is 12.9. The van der Waals surface area contributed by atoms with Crippen LogP contribution in [-0.2, 0) is 4.79 Å². The first-order chi connectivity index (χ1) is 9.45. The molecular weight excluding hydrogens is 248 g/mol. The number of hydrogen-bond donors (Lipinski definition) is 1. The van der Waals surface area contributed by atoms with Gasteiger partial charge in [-0.2, -0.15) is 0 Å². The third-order valence-corrected chi connectivity index (χ3v) is 4.39. The van der Waals surface area contributed by atoms with Crippen LogP contribution in [0, 0.1) is 17.8 Å². The molecule has 1 fully saturated rings. The zero-order valence-corrected chi connectivity index (χ0v) is 13.9. The van der Waals surface area contributed by atoms with Gasteiger partial charge in [-0.05, 0) is 37.5 Å². The van der Waals surface area contributed by atoms with Crippen LogP contribution in [0.2, 0.25) is 0 Å². The Kier molecular flexibility index (Phi) is 7.57. The van der Waals surface area contributed by atoms with E-state index in [9.17, 15) is 4.79 Å². The summed E-state index contributed by atoms with van der Waals surface area (Å²) in [7, 11) is 0. The molecule has 1 rings (SSSR count). The lowest BCUT2D eigenvalue weighted by atomic mass is 9.94. The van der Waals surface area contributed by atoms with Crippen LogP contribution in [0.4, 0.5) is 0 Å². The van der Waals surface area contributed by atoms with Crippen molar-refractivity contribution >= 4 is 5.91 Å². The van der Waals surface area contributed by atoms with Gasteiger partial charge >= 0.3 is 0 Å². The average Bonchev–Trinajstić information content (AvgIpc) is 2.89. The van der Waals surface area contributed by atoms with Gasteiger partial charge in [0.25, 0.3) is 0 Å². The maximum atomic E-state index is 12.9. The summed E-state index contributed by atoms with van der Waals surface area (Å²) in [6.07, 6.45) is 6.92. The Morgan fingerprint density at radius 2 is 1.75 bits per heavy atom. The van der Waals surface area contributed by atoms with E-state index in [0.717, 1.165) is 19.4 Å². The molecule has 0 aliphatic heterocycles. The maximum Gasteiger partial charge on any atom is 0.227 e. The number of rotatable bonds is 8. The van der Waals surface area contributed by atoms with Crippen LogP contribution < -0.4 is 5.73 Å². The number of carbonyl (C=O) groups excluding carboxylic acids is 1. The largest absolute Gasteiger partial charge is 0.339 e. The zero-order chi connectivity index (χ0) is 15.1. The second kappa shape index (κ2) is 8.66. The van der Waals surface area contributed by atoms with Crippen molar-refractivity contribution in [3.8, 4) is 0 Å². The van der Waals surface area contributed by atoms with E-state index in [-0.39, 0.29) is 5.92 Å². The van der Waals surface area contributed by atoms with E-state index in [1.54, 1.807) is 0 Å². The molecule has 118 valence electrons. The summed E-state index contributed by atoms with van der Waals surface area (Å²) in [5.41, 5.74) is 5.87. The van der Waals surface area contributed by atoms with E-state index in [0.29, 0.717) is 30.3 Å². The average molecular weight is 282 g/mol. The molecule has 3 nitrogen and oxygen atoms in total. The van der Waals surface area contributed by atoms with Crippen molar-refractivity contribution in [2.24, 2.45) is 23.5 Å². The molecule has 1 aliphatic carbocycles. The van der Waals surface area contributed by atoms with Gasteiger partial charge in [0.05, 0.1) is 5.92 Å². The van der Waals surface area contributed by atoms with Gasteiger partial charge in [0.15, 0.2) is 0 Å². The van der Waals surface area contributed by atoms with Crippen molar-refractivity contribution in [3.63, 3.8) is 0 Å². The predicted octanol–water partition coefficient (Wildman–Crippen LogP) is 3.42. The molecular formula is C17H34N2O. The van der Waals surface area contributed by atoms with Crippen molar-refractivity contribution in [1.29, 1.82) is 0 Å². The third kappa shape index (κ3) is 5.43. The predicted molar refractivity (Wildman–Crippen MR) is 85.4 cm³/mol. The quantitative estimate of drug-likeness (QED) is 0.741. The Bertz CT molecular complexity index is 283. The molecule has 0 heterocycles. The molecule has 0 aromatic rings. The Morgan fingerprint density at radius 3 is 2.20 bits per heavy atom. The molecule has 0 bridgehead atoms. The lowest BCUT2D eigenvalue weighted by molar-refractivity contribution is -0.138. The first-order valence-electron chi connectivity index (χ1n) is 8.46. The Balaban J connectivity index is 2.70. The minimum Gasteiger partial charge on any atom is -0.339 e. The molecule has 20 heavy (non-hydrogen) atoms.